The smallest absolute Gasteiger partial charge is 0.222 e. The zero-order valence-electron chi connectivity index (χ0n) is 9.03. The van der Waals surface area contributed by atoms with Gasteiger partial charge in [0, 0.05) is 0 Å². The van der Waals surface area contributed by atoms with E-state index in [1.54, 1.807) is 0 Å². The Morgan fingerprint density at radius 3 is 1.39 bits per heavy atom. The van der Waals surface area contributed by atoms with E-state index < -0.39 is 52.8 Å². The fourth-order valence-corrected chi connectivity index (χ4v) is 1.93. The number of carbonyl (C=O) groups is 3. The number of aliphatic hydroxyl groups is 3. The second-order valence-electron chi connectivity index (χ2n) is 3.40. The molecule has 1 atom stereocenters. The molecule has 0 aromatic carbocycles. The largest absolute Gasteiger partial charge is 0.393 e. The number of halogens is 3. The van der Waals surface area contributed by atoms with Crippen LogP contribution in [0.4, 0.5) is 0 Å². The Kier molecular flexibility index (Phi) is 6.70. The fraction of sp³-hybridized carbons (Fsp3) is 0.667. The summed E-state index contributed by atoms with van der Waals surface area (Å²) in [7, 11) is 0. The first-order valence-electron chi connectivity index (χ1n) is 4.59. The van der Waals surface area contributed by atoms with Gasteiger partial charge in [0.2, 0.25) is 5.60 Å². The lowest BCUT2D eigenvalue weighted by molar-refractivity contribution is -0.190. The third kappa shape index (κ3) is 2.68. The molecule has 0 saturated heterocycles. The van der Waals surface area contributed by atoms with Crippen LogP contribution in [-0.4, -0.2) is 68.1 Å². The molecular weight excluding hydrogens is 310 g/mol. The minimum Gasteiger partial charge on any atom is -0.393 e. The minimum absolute atomic E-state index is 0.829. The average molecular weight is 322 g/mol. The van der Waals surface area contributed by atoms with Crippen LogP contribution in [0.1, 0.15) is 0 Å². The summed E-state index contributed by atoms with van der Waals surface area (Å²) in [5.41, 5.74) is -6.30. The highest BCUT2D eigenvalue weighted by Crippen LogP contribution is 2.27. The van der Waals surface area contributed by atoms with Crippen LogP contribution in [0.2, 0.25) is 0 Å². The fourth-order valence-electron chi connectivity index (χ4n) is 1.33. The summed E-state index contributed by atoms with van der Waals surface area (Å²) >= 11 is 15.6. The van der Waals surface area contributed by atoms with Gasteiger partial charge in [-0.3, -0.25) is 14.4 Å². The van der Waals surface area contributed by atoms with Gasteiger partial charge in [0.05, 0.1) is 24.2 Å². The lowest BCUT2D eigenvalue weighted by Crippen LogP contribution is -2.70. The Morgan fingerprint density at radius 1 is 0.833 bits per heavy atom. The maximum Gasteiger partial charge on any atom is 0.222 e. The zero-order valence-corrected chi connectivity index (χ0v) is 11.3. The molecule has 0 bridgehead atoms. The molecule has 0 radical (unpaired) electrons. The summed E-state index contributed by atoms with van der Waals surface area (Å²) in [5.74, 6) is -6.57. The van der Waals surface area contributed by atoms with Gasteiger partial charge in [-0.15, -0.1) is 34.8 Å². The normalized spacial score (nSPS) is 15.0. The minimum atomic E-state index is -3.22. The molecule has 0 heterocycles. The summed E-state index contributed by atoms with van der Waals surface area (Å²) in [5, 5.41) is 29.0. The van der Waals surface area contributed by atoms with Crippen LogP contribution >= 0.6 is 34.8 Å². The van der Waals surface area contributed by atoms with Crippen molar-refractivity contribution in [3.8, 4) is 0 Å². The van der Waals surface area contributed by atoms with E-state index in [2.05, 4.69) is 0 Å². The predicted octanol–water partition coefficient (Wildman–Crippen LogP) is -1.14. The first-order chi connectivity index (χ1) is 8.25. The molecule has 1 unspecified atom stereocenters. The molecule has 0 aliphatic carbocycles. The van der Waals surface area contributed by atoms with Crippen molar-refractivity contribution in [1.29, 1.82) is 0 Å². The van der Waals surface area contributed by atoms with Crippen LogP contribution in [-0.2, 0) is 14.4 Å². The number of rotatable bonds is 8. The standard InChI is InChI=1S/C9H11Cl3O6/c10-1-5(14)8(17,4-13)9(18,6(15)2-11)7(16)3-12/h13,17-18H,1-4H2. The van der Waals surface area contributed by atoms with E-state index in [1.807, 2.05) is 0 Å². The summed E-state index contributed by atoms with van der Waals surface area (Å²) in [4.78, 5) is 34.5. The summed E-state index contributed by atoms with van der Waals surface area (Å²) < 4.78 is 0. The second-order valence-corrected chi connectivity index (χ2v) is 4.20. The van der Waals surface area contributed by atoms with Crippen molar-refractivity contribution in [3.05, 3.63) is 0 Å². The molecule has 9 heteroatoms. The molecule has 0 aliphatic heterocycles. The molecule has 0 saturated carbocycles. The molecule has 0 aromatic rings. The quantitative estimate of drug-likeness (QED) is 0.385. The first kappa shape index (κ1) is 17.8. The van der Waals surface area contributed by atoms with Crippen LogP contribution < -0.4 is 0 Å². The maximum absolute atomic E-state index is 11.5. The number of hydrogen-bond acceptors (Lipinski definition) is 6. The molecule has 18 heavy (non-hydrogen) atoms. The SMILES string of the molecule is O=C(CCl)C(O)(CO)C(O)(C(=O)CCl)C(=O)CCl. The molecule has 0 spiro atoms. The van der Waals surface area contributed by atoms with Gasteiger partial charge >= 0.3 is 0 Å². The van der Waals surface area contributed by atoms with E-state index in [0.717, 1.165) is 0 Å². The second kappa shape index (κ2) is 6.79. The summed E-state index contributed by atoms with van der Waals surface area (Å²) in [6, 6.07) is 0. The number of carbonyl (C=O) groups excluding carboxylic acids is 3. The van der Waals surface area contributed by atoms with Crippen LogP contribution in [0.25, 0.3) is 0 Å². The third-order valence-electron chi connectivity index (χ3n) is 2.46. The average Bonchev–Trinajstić information content (AvgIpc) is 2.42. The Hall–Kier alpha value is -0.240. The van der Waals surface area contributed by atoms with E-state index >= 15 is 0 Å². The zero-order chi connectivity index (χ0) is 14.6. The lowest BCUT2D eigenvalue weighted by atomic mass is 9.75. The van der Waals surface area contributed by atoms with Gasteiger partial charge in [-0.25, -0.2) is 0 Å². The number of hydrogen-bond donors (Lipinski definition) is 3. The van der Waals surface area contributed by atoms with Gasteiger partial charge in [-0.2, -0.15) is 0 Å². The predicted molar refractivity (Wildman–Crippen MR) is 64.2 cm³/mol. The number of alkyl halides is 3. The van der Waals surface area contributed by atoms with Gasteiger partial charge < -0.3 is 15.3 Å². The molecule has 0 aromatic heterocycles. The van der Waals surface area contributed by atoms with Crippen LogP contribution in [0.15, 0.2) is 0 Å². The molecule has 6 nitrogen and oxygen atoms in total. The maximum atomic E-state index is 11.5. The van der Waals surface area contributed by atoms with Gasteiger partial charge in [-0.05, 0) is 0 Å². The van der Waals surface area contributed by atoms with Crippen molar-refractivity contribution in [2.75, 3.05) is 24.2 Å². The van der Waals surface area contributed by atoms with Crippen molar-refractivity contribution in [2.24, 2.45) is 0 Å². The highest BCUT2D eigenvalue weighted by molar-refractivity contribution is 6.38. The highest BCUT2D eigenvalue weighted by Gasteiger charge is 2.62. The third-order valence-corrected chi connectivity index (χ3v) is 3.19. The van der Waals surface area contributed by atoms with Crippen LogP contribution in [0.3, 0.4) is 0 Å². The molecule has 0 amide bonds. The van der Waals surface area contributed by atoms with Crippen LogP contribution in [0.5, 0.6) is 0 Å². The van der Waals surface area contributed by atoms with E-state index in [4.69, 9.17) is 39.9 Å². The van der Waals surface area contributed by atoms with E-state index in [-0.39, 0.29) is 0 Å². The summed E-state index contributed by atoms with van der Waals surface area (Å²) in [6.07, 6.45) is 0. The molecular formula is C9H11Cl3O6. The molecule has 104 valence electrons. The van der Waals surface area contributed by atoms with Gasteiger partial charge in [0.15, 0.2) is 23.0 Å². The van der Waals surface area contributed by atoms with E-state index in [0.29, 0.717) is 0 Å². The number of Topliss-reactive ketones (excluding diaryl/α,β-unsaturated/α-hetero) is 3. The number of aliphatic hydroxyl groups excluding tert-OH is 1. The topological polar surface area (TPSA) is 112 Å². The monoisotopic (exact) mass is 320 g/mol. The van der Waals surface area contributed by atoms with E-state index in [1.165, 1.54) is 0 Å². The first-order valence-corrected chi connectivity index (χ1v) is 6.20. The molecule has 0 rings (SSSR count). The van der Waals surface area contributed by atoms with Crippen molar-refractivity contribution in [2.45, 2.75) is 11.2 Å². The Balaban J connectivity index is 5.91. The van der Waals surface area contributed by atoms with Crippen molar-refractivity contribution >= 4 is 52.2 Å². The summed E-state index contributed by atoms with van der Waals surface area (Å²) in [6.45, 7) is -1.39. The Morgan fingerprint density at radius 2 is 1.17 bits per heavy atom. The van der Waals surface area contributed by atoms with Crippen LogP contribution in [0, 0.1) is 0 Å². The van der Waals surface area contributed by atoms with Crippen molar-refractivity contribution in [3.63, 3.8) is 0 Å². The van der Waals surface area contributed by atoms with Gasteiger partial charge in [-0.1, -0.05) is 0 Å². The number of ketones is 3. The Labute approximate surface area is 117 Å². The Bertz CT molecular complexity index is 342. The highest BCUT2D eigenvalue weighted by atomic mass is 35.5. The van der Waals surface area contributed by atoms with Crippen molar-refractivity contribution in [1.82, 2.24) is 0 Å². The van der Waals surface area contributed by atoms with Gasteiger partial charge in [0.1, 0.15) is 0 Å². The molecule has 3 N–H and O–H groups in total. The molecule has 0 aliphatic rings. The lowest BCUT2D eigenvalue weighted by Gasteiger charge is -2.37. The van der Waals surface area contributed by atoms with E-state index in [9.17, 15) is 24.6 Å². The van der Waals surface area contributed by atoms with Gasteiger partial charge in [0.25, 0.3) is 0 Å². The van der Waals surface area contributed by atoms with Crippen molar-refractivity contribution < 1.29 is 29.7 Å². The molecule has 0 fully saturated rings.